The molecule has 0 aromatic rings. The van der Waals surface area contributed by atoms with Gasteiger partial charge in [-0.1, -0.05) is 0 Å². The van der Waals surface area contributed by atoms with Crippen molar-refractivity contribution < 1.29 is 13.2 Å². The summed E-state index contributed by atoms with van der Waals surface area (Å²) in [5, 5.41) is 3.16. The van der Waals surface area contributed by atoms with Gasteiger partial charge in [-0.05, 0) is 20.8 Å². The second kappa shape index (κ2) is 8.91. The van der Waals surface area contributed by atoms with Crippen LogP contribution in [0, 0.1) is 0 Å². The molecule has 0 saturated carbocycles. The van der Waals surface area contributed by atoms with Crippen molar-refractivity contribution >= 4 is 29.9 Å². The van der Waals surface area contributed by atoms with Gasteiger partial charge in [-0.15, -0.1) is 24.0 Å². The highest BCUT2D eigenvalue weighted by molar-refractivity contribution is 14.0. The van der Waals surface area contributed by atoms with Gasteiger partial charge in [0.25, 0.3) is 0 Å². The summed E-state index contributed by atoms with van der Waals surface area (Å²) in [6, 6.07) is -1.37. The van der Waals surface area contributed by atoms with Crippen LogP contribution >= 0.6 is 24.0 Å². The number of guanidine groups is 1. The number of aliphatic imine (C=N–C) groups is 1. The lowest BCUT2D eigenvalue weighted by Crippen LogP contribution is -2.56. The first-order valence-corrected chi connectivity index (χ1v) is 6.74. The molecule has 4 nitrogen and oxygen atoms in total. The Bertz CT molecular complexity index is 302. The number of nitrogens with zero attached hydrogens (tertiary/aromatic N) is 3. The molecule has 8 heteroatoms. The Hall–Kier alpha value is -0.250. The predicted octanol–water partition coefficient (Wildman–Crippen LogP) is 2.16. The average Bonchev–Trinajstić information content (AvgIpc) is 2.37. The third kappa shape index (κ3) is 5.63. The summed E-state index contributed by atoms with van der Waals surface area (Å²) in [6.45, 7) is 8.55. The van der Waals surface area contributed by atoms with Crippen LogP contribution in [0.15, 0.2) is 4.99 Å². The lowest BCUT2D eigenvalue weighted by molar-refractivity contribution is -0.181. The van der Waals surface area contributed by atoms with Crippen molar-refractivity contribution in [2.45, 2.75) is 33.0 Å². The zero-order chi connectivity index (χ0) is 14.5. The van der Waals surface area contributed by atoms with Gasteiger partial charge in [-0.25, -0.2) is 0 Å². The van der Waals surface area contributed by atoms with E-state index in [0.717, 1.165) is 12.5 Å². The fourth-order valence-electron chi connectivity index (χ4n) is 2.10. The molecule has 1 heterocycles. The summed E-state index contributed by atoms with van der Waals surface area (Å²) in [5.74, 6) is 0.796. The van der Waals surface area contributed by atoms with Crippen LogP contribution in [0.4, 0.5) is 13.2 Å². The largest absolute Gasteiger partial charge is 0.403 e. The summed E-state index contributed by atoms with van der Waals surface area (Å²) in [6.07, 6.45) is -4.15. The molecular weight excluding hydrogens is 384 g/mol. The summed E-state index contributed by atoms with van der Waals surface area (Å²) in [4.78, 5) is 7.85. The standard InChI is InChI=1S/C12H23F3N4.HI/c1-4-16-11(17-5-2)19-8-6-18(7-9-19)10(3)12(13,14)15;/h10H,4-9H2,1-3H3,(H,16,17);1H. The molecule has 1 saturated heterocycles. The fourth-order valence-corrected chi connectivity index (χ4v) is 2.10. The molecule has 0 spiro atoms. The predicted molar refractivity (Wildman–Crippen MR) is 85.7 cm³/mol. The number of rotatable bonds is 3. The maximum Gasteiger partial charge on any atom is 0.403 e. The van der Waals surface area contributed by atoms with Crippen molar-refractivity contribution in [3.05, 3.63) is 0 Å². The van der Waals surface area contributed by atoms with Gasteiger partial charge in [0.1, 0.15) is 6.04 Å². The summed E-state index contributed by atoms with van der Waals surface area (Å²) in [7, 11) is 0. The van der Waals surface area contributed by atoms with Crippen LogP contribution in [0.3, 0.4) is 0 Å². The topological polar surface area (TPSA) is 30.9 Å². The SMILES string of the molecule is CCN=C(NCC)N1CCN(C(C)C(F)(F)F)CC1.I. The first-order chi connectivity index (χ1) is 8.90. The molecule has 1 rings (SSSR count). The lowest BCUT2D eigenvalue weighted by Gasteiger charge is -2.39. The van der Waals surface area contributed by atoms with Crippen LogP contribution in [0.5, 0.6) is 0 Å². The van der Waals surface area contributed by atoms with E-state index in [1.54, 1.807) is 0 Å². The summed E-state index contributed by atoms with van der Waals surface area (Å²) in [5.41, 5.74) is 0. The van der Waals surface area contributed by atoms with Gasteiger partial charge in [-0.2, -0.15) is 13.2 Å². The molecule has 0 bridgehead atoms. The molecule has 0 radical (unpaired) electrons. The van der Waals surface area contributed by atoms with Gasteiger partial charge < -0.3 is 10.2 Å². The highest BCUT2D eigenvalue weighted by atomic mass is 127. The minimum Gasteiger partial charge on any atom is -0.357 e. The number of piperazine rings is 1. The first kappa shape index (κ1) is 19.8. The number of alkyl halides is 3. The molecule has 1 atom stereocenters. The minimum atomic E-state index is -4.15. The second-order valence-corrected chi connectivity index (χ2v) is 4.57. The lowest BCUT2D eigenvalue weighted by atomic mass is 10.2. The molecule has 1 fully saturated rings. The molecule has 120 valence electrons. The van der Waals surface area contributed by atoms with Crippen LogP contribution in [-0.2, 0) is 0 Å². The Kier molecular flexibility index (Phi) is 8.80. The van der Waals surface area contributed by atoms with Gasteiger partial charge in [0.05, 0.1) is 0 Å². The first-order valence-electron chi connectivity index (χ1n) is 6.74. The Morgan fingerprint density at radius 1 is 1.20 bits per heavy atom. The molecule has 1 aliphatic rings. The fraction of sp³-hybridized carbons (Fsp3) is 0.917. The molecule has 20 heavy (non-hydrogen) atoms. The number of hydrogen-bond acceptors (Lipinski definition) is 2. The number of hydrogen-bond donors (Lipinski definition) is 1. The summed E-state index contributed by atoms with van der Waals surface area (Å²) < 4.78 is 37.9. The number of nitrogens with one attached hydrogen (secondary N) is 1. The third-order valence-corrected chi connectivity index (χ3v) is 3.28. The van der Waals surface area contributed by atoms with E-state index >= 15 is 0 Å². The quantitative estimate of drug-likeness (QED) is 0.441. The maximum atomic E-state index is 12.6. The third-order valence-electron chi connectivity index (χ3n) is 3.28. The highest BCUT2D eigenvalue weighted by Crippen LogP contribution is 2.25. The van der Waals surface area contributed by atoms with E-state index in [4.69, 9.17) is 0 Å². The van der Waals surface area contributed by atoms with Crippen LogP contribution in [0.25, 0.3) is 0 Å². The van der Waals surface area contributed by atoms with Crippen molar-refractivity contribution in [3.8, 4) is 0 Å². The van der Waals surface area contributed by atoms with Crippen LogP contribution in [0.2, 0.25) is 0 Å². The molecule has 0 aliphatic carbocycles. The number of halogens is 4. The van der Waals surface area contributed by atoms with Crippen molar-refractivity contribution in [1.29, 1.82) is 0 Å². The normalized spacial score (nSPS) is 19.5. The van der Waals surface area contributed by atoms with E-state index in [9.17, 15) is 13.2 Å². The van der Waals surface area contributed by atoms with Crippen molar-refractivity contribution in [1.82, 2.24) is 15.1 Å². The monoisotopic (exact) mass is 408 g/mol. The molecular formula is C12H24F3IN4. The van der Waals surface area contributed by atoms with Gasteiger partial charge in [0.15, 0.2) is 5.96 Å². The van der Waals surface area contributed by atoms with E-state index in [0.29, 0.717) is 32.7 Å². The average molecular weight is 408 g/mol. The van der Waals surface area contributed by atoms with Gasteiger partial charge >= 0.3 is 6.18 Å². The van der Waals surface area contributed by atoms with Crippen molar-refractivity contribution in [2.75, 3.05) is 39.3 Å². The van der Waals surface area contributed by atoms with Crippen molar-refractivity contribution in [2.24, 2.45) is 4.99 Å². The summed E-state index contributed by atoms with van der Waals surface area (Å²) >= 11 is 0. The second-order valence-electron chi connectivity index (χ2n) is 4.57. The van der Waals surface area contributed by atoms with E-state index in [2.05, 4.69) is 10.3 Å². The smallest absolute Gasteiger partial charge is 0.357 e. The maximum absolute atomic E-state index is 12.6. The van der Waals surface area contributed by atoms with Gasteiger partial charge in [-0.3, -0.25) is 9.89 Å². The Morgan fingerprint density at radius 3 is 2.15 bits per heavy atom. The van der Waals surface area contributed by atoms with Gasteiger partial charge in [0, 0.05) is 39.3 Å². The minimum absolute atomic E-state index is 0. The Balaban J connectivity index is 0.00000361. The molecule has 0 aromatic heterocycles. The van der Waals surface area contributed by atoms with E-state index in [1.807, 2.05) is 18.7 Å². The zero-order valence-corrected chi connectivity index (χ0v) is 14.5. The van der Waals surface area contributed by atoms with Crippen molar-refractivity contribution in [3.63, 3.8) is 0 Å². The zero-order valence-electron chi connectivity index (χ0n) is 12.2. The van der Waals surface area contributed by atoms with E-state index in [-0.39, 0.29) is 24.0 Å². The Morgan fingerprint density at radius 2 is 1.75 bits per heavy atom. The van der Waals surface area contributed by atoms with Gasteiger partial charge in [0.2, 0.25) is 0 Å². The van der Waals surface area contributed by atoms with Crippen LogP contribution in [0.1, 0.15) is 20.8 Å². The molecule has 1 unspecified atom stereocenters. The van der Waals surface area contributed by atoms with E-state index < -0.39 is 12.2 Å². The molecule has 1 aliphatic heterocycles. The molecule has 0 aromatic carbocycles. The van der Waals surface area contributed by atoms with Crippen LogP contribution < -0.4 is 5.32 Å². The molecule has 0 amide bonds. The van der Waals surface area contributed by atoms with E-state index in [1.165, 1.54) is 11.8 Å². The Labute approximate surface area is 135 Å². The highest BCUT2D eigenvalue weighted by Gasteiger charge is 2.40. The molecule has 1 N–H and O–H groups in total. The van der Waals surface area contributed by atoms with Crippen LogP contribution in [-0.4, -0.2) is 67.2 Å².